The third kappa shape index (κ3) is 2.36. The number of aromatic amines is 1. The average Bonchev–Trinajstić information content (AvgIpc) is 2.35. The van der Waals surface area contributed by atoms with Crippen LogP contribution in [0.4, 0.5) is 0 Å². The van der Waals surface area contributed by atoms with Gasteiger partial charge in [-0.3, -0.25) is 4.79 Å². The molecule has 6 heteroatoms. The Balaban J connectivity index is 2.44. The van der Waals surface area contributed by atoms with Crippen LogP contribution in [0.5, 0.6) is 0 Å². The maximum absolute atomic E-state index is 11.6. The van der Waals surface area contributed by atoms with Gasteiger partial charge in [0.1, 0.15) is 5.69 Å². The number of nitrogens with zero attached hydrogens (tertiary/aromatic N) is 3. The van der Waals surface area contributed by atoms with E-state index in [9.17, 15) is 9.59 Å². The van der Waals surface area contributed by atoms with E-state index in [4.69, 9.17) is 0 Å². The lowest BCUT2D eigenvalue weighted by Crippen LogP contribution is -2.35. The third-order valence-corrected chi connectivity index (χ3v) is 2.14. The van der Waals surface area contributed by atoms with E-state index in [-0.39, 0.29) is 5.69 Å². The zero-order valence-electron chi connectivity index (χ0n) is 9.12. The summed E-state index contributed by atoms with van der Waals surface area (Å²) in [6, 6.07) is 9.18. The van der Waals surface area contributed by atoms with Crippen LogP contribution in [-0.2, 0) is 0 Å². The fraction of sp³-hybridized carbons (Fsp3) is 0.0909. The van der Waals surface area contributed by atoms with Crippen molar-refractivity contribution in [1.29, 1.82) is 0 Å². The quantitative estimate of drug-likeness (QED) is 0.744. The monoisotopic (exact) mass is 230 g/mol. The molecule has 2 aromatic rings. The van der Waals surface area contributed by atoms with Gasteiger partial charge in [-0.2, -0.15) is 10.2 Å². The van der Waals surface area contributed by atoms with Gasteiger partial charge in [-0.15, -0.1) is 4.68 Å². The minimum Gasteiger partial charge on any atom is -0.265 e. The molecule has 1 N–H and O–H groups in total. The van der Waals surface area contributed by atoms with Crippen molar-refractivity contribution in [2.45, 2.75) is 6.92 Å². The highest BCUT2D eigenvalue weighted by atomic mass is 16.2. The van der Waals surface area contributed by atoms with Crippen molar-refractivity contribution in [3.8, 4) is 0 Å². The number of aromatic nitrogens is 3. The molecule has 0 bridgehead atoms. The van der Waals surface area contributed by atoms with E-state index in [1.807, 2.05) is 30.3 Å². The van der Waals surface area contributed by atoms with Crippen molar-refractivity contribution in [1.82, 2.24) is 14.9 Å². The Labute approximate surface area is 96.2 Å². The Bertz CT molecular complexity index is 655. The van der Waals surface area contributed by atoms with Crippen molar-refractivity contribution >= 4 is 6.21 Å². The highest BCUT2D eigenvalue weighted by Gasteiger charge is 2.02. The van der Waals surface area contributed by atoms with Crippen LogP contribution in [-0.4, -0.2) is 21.1 Å². The van der Waals surface area contributed by atoms with Gasteiger partial charge in [0.2, 0.25) is 0 Å². The smallest absolute Gasteiger partial charge is 0.265 e. The number of rotatable bonds is 2. The van der Waals surface area contributed by atoms with Crippen LogP contribution < -0.4 is 11.2 Å². The lowest BCUT2D eigenvalue weighted by molar-refractivity contribution is 0.694. The van der Waals surface area contributed by atoms with Crippen LogP contribution in [0.2, 0.25) is 0 Å². The molecule has 1 aromatic carbocycles. The van der Waals surface area contributed by atoms with Gasteiger partial charge in [0.15, 0.2) is 0 Å². The fourth-order valence-electron chi connectivity index (χ4n) is 1.24. The summed E-state index contributed by atoms with van der Waals surface area (Å²) in [4.78, 5) is 22.9. The standard InChI is InChI=1S/C11H10N4O2/c1-8-10(16)15(11(17)14-13-8)12-7-9-5-3-2-4-6-9/h2-7H,1H3,(H,14,17). The van der Waals surface area contributed by atoms with Gasteiger partial charge in [0.05, 0.1) is 6.21 Å². The molecule has 2 rings (SSSR count). The molecule has 0 atom stereocenters. The first-order chi connectivity index (χ1) is 8.18. The first kappa shape index (κ1) is 11.0. The molecule has 0 saturated carbocycles. The molecule has 0 amide bonds. The van der Waals surface area contributed by atoms with Gasteiger partial charge in [-0.25, -0.2) is 9.89 Å². The number of hydrogen-bond donors (Lipinski definition) is 1. The Morgan fingerprint density at radius 3 is 2.71 bits per heavy atom. The van der Waals surface area contributed by atoms with Gasteiger partial charge in [-0.05, 0) is 12.5 Å². The Hall–Kier alpha value is -2.50. The second kappa shape index (κ2) is 4.56. The molecular weight excluding hydrogens is 220 g/mol. The molecule has 0 radical (unpaired) electrons. The number of hydrogen-bond acceptors (Lipinski definition) is 4. The van der Waals surface area contributed by atoms with Crippen LogP contribution in [0.1, 0.15) is 11.3 Å². The molecule has 17 heavy (non-hydrogen) atoms. The van der Waals surface area contributed by atoms with Crippen LogP contribution in [0, 0.1) is 6.92 Å². The minimum absolute atomic E-state index is 0.190. The van der Waals surface area contributed by atoms with Gasteiger partial charge in [0, 0.05) is 0 Å². The van der Waals surface area contributed by atoms with Crippen molar-refractivity contribution < 1.29 is 0 Å². The van der Waals surface area contributed by atoms with Gasteiger partial charge in [-0.1, -0.05) is 30.3 Å². The Kier molecular flexibility index (Phi) is 2.95. The molecule has 0 spiro atoms. The summed E-state index contributed by atoms with van der Waals surface area (Å²) in [7, 11) is 0. The average molecular weight is 230 g/mol. The molecule has 6 nitrogen and oxygen atoms in total. The SMILES string of the molecule is Cc1n[nH]c(=O)n(N=Cc2ccccc2)c1=O. The summed E-state index contributed by atoms with van der Waals surface area (Å²) in [6.45, 7) is 1.51. The molecule has 1 heterocycles. The van der Waals surface area contributed by atoms with Crippen molar-refractivity contribution in [3.05, 3.63) is 62.4 Å². The van der Waals surface area contributed by atoms with Crippen LogP contribution >= 0.6 is 0 Å². The van der Waals surface area contributed by atoms with E-state index >= 15 is 0 Å². The molecule has 0 aliphatic carbocycles. The maximum atomic E-state index is 11.6. The second-order valence-corrected chi connectivity index (χ2v) is 3.39. The first-order valence-corrected chi connectivity index (χ1v) is 4.96. The Morgan fingerprint density at radius 2 is 2.00 bits per heavy atom. The molecular formula is C11H10N4O2. The minimum atomic E-state index is -0.659. The molecule has 0 unspecified atom stereocenters. The number of benzene rings is 1. The first-order valence-electron chi connectivity index (χ1n) is 4.96. The number of aryl methyl sites for hydroxylation is 1. The topological polar surface area (TPSA) is 80.1 Å². The normalized spacial score (nSPS) is 10.9. The van der Waals surface area contributed by atoms with E-state index in [2.05, 4.69) is 15.3 Å². The van der Waals surface area contributed by atoms with E-state index in [1.165, 1.54) is 13.1 Å². The number of nitrogens with one attached hydrogen (secondary N) is 1. The summed E-state index contributed by atoms with van der Waals surface area (Å²) < 4.78 is 0.745. The van der Waals surface area contributed by atoms with Crippen molar-refractivity contribution in [3.63, 3.8) is 0 Å². The van der Waals surface area contributed by atoms with E-state index < -0.39 is 11.2 Å². The van der Waals surface area contributed by atoms with Crippen molar-refractivity contribution in [2.75, 3.05) is 0 Å². The summed E-state index contributed by atoms with van der Waals surface area (Å²) in [5.41, 5.74) is -0.197. The molecule has 86 valence electrons. The largest absolute Gasteiger partial charge is 0.365 e. The van der Waals surface area contributed by atoms with E-state index in [0.29, 0.717) is 0 Å². The van der Waals surface area contributed by atoms with E-state index in [0.717, 1.165) is 10.2 Å². The third-order valence-electron chi connectivity index (χ3n) is 2.14. The summed E-state index contributed by atoms with van der Waals surface area (Å²) in [5, 5.41) is 9.57. The summed E-state index contributed by atoms with van der Waals surface area (Å²) >= 11 is 0. The molecule has 0 fully saturated rings. The van der Waals surface area contributed by atoms with Gasteiger partial charge >= 0.3 is 5.69 Å². The zero-order chi connectivity index (χ0) is 12.3. The Morgan fingerprint density at radius 1 is 1.29 bits per heavy atom. The molecule has 0 saturated heterocycles. The van der Waals surface area contributed by atoms with Gasteiger partial charge < -0.3 is 0 Å². The van der Waals surface area contributed by atoms with Gasteiger partial charge in [0.25, 0.3) is 5.56 Å². The molecule has 0 aliphatic heterocycles. The van der Waals surface area contributed by atoms with Crippen LogP contribution in [0.25, 0.3) is 0 Å². The van der Waals surface area contributed by atoms with Crippen LogP contribution in [0.15, 0.2) is 45.0 Å². The lowest BCUT2D eigenvalue weighted by Gasteiger charge is -1.96. The van der Waals surface area contributed by atoms with Crippen LogP contribution in [0.3, 0.4) is 0 Å². The fourth-order valence-corrected chi connectivity index (χ4v) is 1.24. The van der Waals surface area contributed by atoms with Crippen molar-refractivity contribution in [2.24, 2.45) is 5.10 Å². The molecule has 1 aromatic heterocycles. The van der Waals surface area contributed by atoms with E-state index in [1.54, 1.807) is 0 Å². The lowest BCUT2D eigenvalue weighted by atomic mass is 10.2. The molecule has 0 aliphatic rings. The highest BCUT2D eigenvalue weighted by molar-refractivity contribution is 5.79. The second-order valence-electron chi connectivity index (χ2n) is 3.39. The number of H-pyrrole nitrogens is 1. The summed E-state index contributed by atoms with van der Waals surface area (Å²) in [5.74, 6) is 0. The predicted molar refractivity (Wildman–Crippen MR) is 63.3 cm³/mol. The maximum Gasteiger partial charge on any atom is 0.365 e. The summed E-state index contributed by atoms with van der Waals surface area (Å²) in [6.07, 6.45) is 1.44. The predicted octanol–water partition coefficient (Wildman–Crippen LogP) is 0.122. The highest BCUT2D eigenvalue weighted by Crippen LogP contribution is 1.93. The zero-order valence-corrected chi connectivity index (χ0v) is 9.12.